The number of rotatable bonds is 1. The van der Waals surface area contributed by atoms with Crippen LogP contribution in [0.3, 0.4) is 0 Å². The molecule has 0 saturated carbocycles. The summed E-state index contributed by atoms with van der Waals surface area (Å²) in [5, 5.41) is 0.727. The molecule has 0 atom stereocenters. The number of nitrogens with zero attached hydrogens (tertiary/aromatic N) is 2. The lowest BCUT2D eigenvalue weighted by Crippen LogP contribution is -1.82. The summed E-state index contributed by atoms with van der Waals surface area (Å²) in [7, 11) is 0. The minimum absolute atomic E-state index is 0.727. The maximum absolute atomic E-state index is 6.17. The first-order valence-corrected chi connectivity index (χ1v) is 6.59. The highest BCUT2D eigenvalue weighted by Gasteiger charge is 2.07. The molecule has 0 N–H and O–H groups in total. The molecular formula is C13H8ClIN2. The Morgan fingerprint density at radius 2 is 1.88 bits per heavy atom. The Kier molecular flexibility index (Phi) is 2.80. The van der Waals surface area contributed by atoms with Crippen LogP contribution in [0, 0.1) is 3.57 Å². The van der Waals surface area contributed by atoms with E-state index in [9.17, 15) is 0 Å². The molecule has 0 bridgehead atoms. The second-order valence-corrected chi connectivity index (χ2v) is 5.37. The van der Waals surface area contributed by atoms with Crippen molar-refractivity contribution in [3.8, 4) is 11.3 Å². The first kappa shape index (κ1) is 11.0. The van der Waals surface area contributed by atoms with E-state index >= 15 is 0 Å². The Morgan fingerprint density at radius 1 is 1.06 bits per heavy atom. The van der Waals surface area contributed by atoms with Crippen LogP contribution in [0.15, 0.2) is 48.8 Å². The van der Waals surface area contributed by atoms with Crippen LogP contribution in [-0.4, -0.2) is 9.38 Å². The quantitative estimate of drug-likeness (QED) is 0.597. The van der Waals surface area contributed by atoms with Crippen molar-refractivity contribution in [2.24, 2.45) is 0 Å². The number of benzene rings is 1. The third kappa shape index (κ3) is 2.05. The van der Waals surface area contributed by atoms with E-state index in [1.165, 1.54) is 3.57 Å². The normalized spacial score (nSPS) is 10.9. The molecular weight excluding hydrogens is 347 g/mol. The lowest BCUT2D eigenvalue weighted by Gasteiger charge is -1.97. The third-order valence-electron chi connectivity index (χ3n) is 2.56. The van der Waals surface area contributed by atoms with Gasteiger partial charge in [0.25, 0.3) is 0 Å². The maximum Gasteiger partial charge on any atom is 0.137 e. The van der Waals surface area contributed by atoms with E-state index in [2.05, 4.69) is 27.6 Å². The largest absolute Gasteiger partial charge is 0.305 e. The molecule has 3 aromatic rings. The average molecular weight is 355 g/mol. The summed E-state index contributed by atoms with van der Waals surface area (Å²) in [4.78, 5) is 4.56. The zero-order chi connectivity index (χ0) is 11.8. The molecule has 0 fully saturated rings. The molecule has 2 aromatic heterocycles. The fourth-order valence-corrected chi connectivity index (χ4v) is 2.48. The predicted molar refractivity (Wildman–Crippen MR) is 78.4 cm³/mol. The highest BCUT2D eigenvalue weighted by molar-refractivity contribution is 14.1. The van der Waals surface area contributed by atoms with Crippen LogP contribution in [0.2, 0.25) is 5.02 Å². The van der Waals surface area contributed by atoms with Gasteiger partial charge in [-0.3, -0.25) is 0 Å². The van der Waals surface area contributed by atoms with Crippen LogP contribution >= 0.6 is 34.2 Å². The fraction of sp³-hybridized carbons (Fsp3) is 0. The van der Waals surface area contributed by atoms with Gasteiger partial charge in [-0.15, -0.1) is 0 Å². The first-order chi connectivity index (χ1) is 8.24. The second kappa shape index (κ2) is 4.31. The zero-order valence-corrected chi connectivity index (χ0v) is 11.7. The van der Waals surface area contributed by atoms with Gasteiger partial charge >= 0.3 is 0 Å². The van der Waals surface area contributed by atoms with Gasteiger partial charge in [0.15, 0.2) is 0 Å². The van der Waals surface area contributed by atoms with Gasteiger partial charge in [-0.05, 0) is 40.8 Å². The predicted octanol–water partition coefficient (Wildman–Crippen LogP) is 4.26. The molecule has 0 spiro atoms. The molecule has 1 aromatic carbocycles. The number of hydrogen-bond acceptors (Lipinski definition) is 1. The van der Waals surface area contributed by atoms with Crippen LogP contribution in [0.25, 0.3) is 16.9 Å². The summed E-state index contributed by atoms with van der Waals surface area (Å²) in [5.41, 5.74) is 2.80. The molecule has 0 saturated heterocycles. The number of halogens is 2. The first-order valence-electron chi connectivity index (χ1n) is 5.13. The van der Waals surface area contributed by atoms with E-state index in [-0.39, 0.29) is 0 Å². The van der Waals surface area contributed by atoms with Crippen LogP contribution in [0.1, 0.15) is 0 Å². The highest BCUT2D eigenvalue weighted by atomic mass is 127. The minimum Gasteiger partial charge on any atom is -0.305 e. The Hall–Kier alpha value is -1.07. The monoisotopic (exact) mass is 354 g/mol. The minimum atomic E-state index is 0.727. The lowest BCUT2D eigenvalue weighted by atomic mass is 10.2. The van der Waals surface area contributed by atoms with Gasteiger partial charge in [-0.1, -0.05) is 29.8 Å². The van der Waals surface area contributed by atoms with Crippen molar-refractivity contribution in [1.82, 2.24) is 9.38 Å². The molecule has 2 heterocycles. The summed E-state index contributed by atoms with van der Waals surface area (Å²) in [6, 6.07) is 11.8. The fourth-order valence-electron chi connectivity index (χ4n) is 1.76. The molecule has 0 unspecified atom stereocenters. The third-order valence-corrected chi connectivity index (χ3v) is 3.53. The van der Waals surface area contributed by atoms with E-state index in [0.29, 0.717) is 0 Å². The van der Waals surface area contributed by atoms with Gasteiger partial charge in [-0.2, -0.15) is 0 Å². The number of hydrogen-bond donors (Lipinski definition) is 0. The van der Waals surface area contributed by atoms with Crippen LogP contribution in [0.4, 0.5) is 0 Å². The molecule has 3 rings (SSSR count). The Morgan fingerprint density at radius 3 is 2.71 bits per heavy atom. The zero-order valence-electron chi connectivity index (χ0n) is 8.77. The summed E-state index contributed by atoms with van der Waals surface area (Å²) < 4.78 is 3.19. The molecule has 84 valence electrons. The summed E-state index contributed by atoms with van der Waals surface area (Å²) in [5.74, 6) is 0. The van der Waals surface area contributed by atoms with Crippen molar-refractivity contribution in [3.05, 3.63) is 57.4 Å². The van der Waals surface area contributed by atoms with Crippen LogP contribution in [0.5, 0.6) is 0 Å². The van der Waals surface area contributed by atoms with Crippen molar-refractivity contribution in [1.29, 1.82) is 0 Å². The standard InChI is InChI=1S/C13H8ClIN2/c14-11-4-2-1-3-10(11)12-8-17-7-9(15)5-6-13(17)16-12/h1-8H. The molecule has 0 radical (unpaired) electrons. The average Bonchev–Trinajstić information content (AvgIpc) is 2.72. The highest BCUT2D eigenvalue weighted by Crippen LogP contribution is 2.27. The van der Waals surface area contributed by atoms with Crippen molar-refractivity contribution in [2.75, 3.05) is 0 Å². The van der Waals surface area contributed by atoms with Gasteiger partial charge in [-0.25, -0.2) is 4.98 Å². The Labute approximate surface area is 117 Å². The smallest absolute Gasteiger partial charge is 0.137 e. The molecule has 0 aliphatic rings. The van der Waals surface area contributed by atoms with Crippen LogP contribution < -0.4 is 0 Å². The molecule has 17 heavy (non-hydrogen) atoms. The van der Waals surface area contributed by atoms with E-state index < -0.39 is 0 Å². The molecule has 0 aliphatic heterocycles. The van der Waals surface area contributed by atoms with Crippen molar-refractivity contribution in [2.45, 2.75) is 0 Å². The van der Waals surface area contributed by atoms with Gasteiger partial charge in [0, 0.05) is 21.5 Å². The van der Waals surface area contributed by atoms with Gasteiger partial charge in [0.1, 0.15) is 5.65 Å². The summed E-state index contributed by atoms with van der Waals surface area (Å²) in [6.45, 7) is 0. The summed E-state index contributed by atoms with van der Waals surface area (Å²) >= 11 is 8.45. The van der Waals surface area contributed by atoms with Crippen molar-refractivity contribution < 1.29 is 0 Å². The summed E-state index contributed by atoms with van der Waals surface area (Å²) in [6.07, 6.45) is 4.04. The Bertz CT molecular complexity index is 691. The van der Waals surface area contributed by atoms with Gasteiger partial charge in [0.05, 0.1) is 10.7 Å². The van der Waals surface area contributed by atoms with Crippen LogP contribution in [-0.2, 0) is 0 Å². The van der Waals surface area contributed by atoms with Crippen molar-refractivity contribution >= 4 is 39.8 Å². The molecule has 0 aliphatic carbocycles. The van der Waals surface area contributed by atoms with E-state index in [0.717, 1.165) is 21.9 Å². The number of aromatic nitrogens is 2. The van der Waals surface area contributed by atoms with E-state index in [1.807, 2.05) is 53.2 Å². The van der Waals surface area contributed by atoms with Gasteiger partial charge < -0.3 is 4.40 Å². The Balaban J connectivity index is 2.22. The lowest BCUT2D eigenvalue weighted by molar-refractivity contribution is 1.17. The number of pyridine rings is 1. The van der Waals surface area contributed by atoms with E-state index in [1.54, 1.807) is 0 Å². The molecule has 2 nitrogen and oxygen atoms in total. The van der Waals surface area contributed by atoms with E-state index in [4.69, 9.17) is 11.6 Å². The second-order valence-electron chi connectivity index (χ2n) is 3.72. The number of fused-ring (bicyclic) bond motifs is 1. The maximum atomic E-state index is 6.17. The molecule has 0 amide bonds. The van der Waals surface area contributed by atoms with Crippen molar-refractivity contribution in [3.63, 3.8) is 0 Å². The number of imidazole rings is 1. The molecule has 4 heteroatoms. The SMILES string of the molecule is Clc1ccccc1-c1cn2cc(I)ccc2n1. The van der Waals surface area contributed by atoms with Gasteiger partial charge in [0.2, 0.25) is 0 Å². The topological polar surface area (TPSA) is 17.3 Å².